The van der Waals surface area contributed by atoms with Gasteiger partial charge in [-0.25, -0.2) is 0 Å². The molecule has 3 N–H and O–H groups in total. The minimum absolute atomic E-state index is 0.181. The third kappa shape index (κ3) is 3.19. The van der Waals surface area contributed by atoms with E-state index in [1.54, 1.807) is 7.05 Å². The van der Waals surface area contributed by atoms with E-state index >= 15 is 0 Å². The van der Waals surface area contributed by atoms with E-state index in [2.05, 4.69) is 12.2 Å². The molecule has 0 aromatic carbocycles. The van der Waals surface area contributed by atoms with E-state index in [9.17, 15) is 4.79 Å². The van der Waals surface area contributed by atoms with E-state index in [0.29, 0.717) is 6.42 Å². The number of carbonyl (C=O) groups excluding carboxylic acids is 1. The molecule has 1 aliphatic rings. The Hall–Kier alpha value is -0.610. The molecule has 4 nitrogen and oxygen atoms in total. The fourth-order valence-electron chi connectivity index (χ4n) is 2.33. The quantitative estimate of drug-likeness (QED) is 0.671. The van der Waals surface area contributed by atoms with Crippen LogP contribution >= 0.6 is 0 Å². The second kappa shape index (κ2) is 6.21. The maximum atomic E-state index is 11.5. The van der Waals surface area contributed by atoms with Crippen molar-refractivity contribution in [2.24, 2.45) is 5.73 Å². The molecule has 16 heavy (non-hydrogen) atoms. The molecule has 1 saturated carbocycles. The van der Waals surface area contributed by atoms with Crippen molar-refractivity contribution in [1.29, 1.82) is 0 Å². The minimum atomic E-state index is -0.546. The molecule has 1 fully saturated rings. The molecule has 0 bridgehead atoms. The van der Waals surface area contributed by atoms with Crippen LogP contribution in [0.2, 0.25) is 0 Å². The molecular formula is C12H24N2O2. The number of unbranched alkanes of at least 4 members (excludes halogenated alkanes) is 1. The number of amides is 1. The molecular weight excluding hydrogens is 204 g/mol. The van der Waals surface area contributed by atoms with Crippen LogP contribution in [-0.2, 0) is 9.53 Å². The van der Waals surface area contributed by atoms with Crippen molar-refractivity contribution in [3.63, 3.8) is 0 Å². The van der Waals surface area contributed by atoms with Gasteiger partial charge in [-0.3, -0.25) is 4.79 Å². The highest BCUT2D eigenvalue weighted by atomic mass is 16.5. The van der Waals surface area contributed by atoms with Gasteiger partial charge in [0.15, 0.2) is 0 Å². The van der Waals surface area contributed by atoms with E-state index in [4.69, 9.17) is 10.5 Å². The van der Waals surface area contributed by atoms with Crippen molar-refractivity contribution in [2.45, 2.75) is 57.1 Å². The van der Waals surface area contributed by atoms with Gasteiger partial charge in [-0.05, 0) is 32.7 Å². The lowest BCUT2D eigenvalue weighted by atomic mass is 9.79. The van der Waals surface area contributed by atoms with Crippen LogP contribution in [0.1, 0.15) is 45.4 Å². The molecule has 1 rings (SSSR count). The number of nitrogens with one attached hydrogen (secondary N) is 1. The van der Waals surface area contributed by atoms with E-state index in [-0.39, 0.29) is 12.0 Å². The number of likely N-dealkylation sites (N-methyl/N-ethyl adjacent to an activating group) is 1. The van der Waals surface area contributed by atoms with Crippen molar-refractivity contribution < 1.29 is 9.53 Å². The molecule has 4 heteroatoms. The molecule has 2 atom stereocenters. The van der Waals surface area contributed by atoms with Gasteiger partial charge < -0.3 is 15.8 Å². The maximum absolute atomic E-state index is 11.5. The Morgan fingerprint density at radius 2 is 2.38 bits per heavy atom. The second-order valence-electron chi connectivity index (χ2n) is 4.64. The van der Waals surface area contributed by atoms with Crippen molar-refractivity contribution in [2.75, 3.05) is 13.7 Å². The molecule has 1 amide bonds. The molecule has 0 aromatic rings. The Morgan fingerprint density at radius 3 is 2.94 bits per heavy atom. The van der Waals surface area contributed by atoms with Crippen LogP contribution < -0.4 is 11.1 Å². The lowest BCUT2D eigenvalue weighted by Gasteiger charge is -2.38. The van der Waals surface area contributed by atoms with E-state index in [1.165, 1.54) is 0 Å². The first kappa shape index (κ1) is 13.5. The fourth-order valence-corrected chi connectivity index (χ4v) is 2.33. The van der Waals surface area contributed by atoms with Crippen molar-refractivity contribution in [3.8, 4) is 0 Å². The standard InChI is InChI=1S/C12H24N2O2/c1-3-4-8-16-10-6-5-7-12(9-10,14-2)11(13)15/h10,14H,3-9H2,1-2H3,(H2,13,15). The van der Waals surface area contributed by atoms with E-state index in [0.717, 1.165) is 38.7 Å². The third-order valence-corrected chi connectivity index (χ3v) is 3.51. The zero-order valence-electron chi connectivity index (χ0n) is 10.4. The summed E-state index contributed by atoms with van der Waals surface area (Å²) >= 11 is 0. The number of ether oxygens (including phenoxy) is 1. The molecule has 0 aromatic heterocycles. The molecule has 1 aliphatic carbocycles. The summed E-state index contributed by atoms with van der Waals surface area (Å²) in [5, 5.41) is 3.08. The summed E-state index contributed by atoms with van der Waals surface area (Å²) in [6.45, 7) is 2.94. The Morgan fingerprint density at radius 1 is 1.62 bits per heavy atom. The lowest BCUT2D eigenvalue weighted by Crippen LogP contribution is -2.57. The van der Waals surface area contributed by atoms with Gasteiger partial charge in [0.1, 0.15) is 0 Å². The van der Waals surface area contributed by atoms with Gasteiger partial charge in [0.05, 0.1) is 11.6 Å². The van der Waals surface area contributed by atoms with Crippen LogP contribution in [0.5, 0.6) is 0 Å². The summed E-state index contributed by atoms with van der Waals surface area (Å²) in [6.07, 6.45) is 5.98. The van der Waals surface area contributed by atoms with Gasteiger partial charge in [-0.1, -0.05) is 13.3 Å². The number of primary amides is 1. The van der Waals surface area contributed by atoms with Gasteiger partial charge in [-0.2, -0.15) is 0 Å². The monoisotopic (exact) mass is 228 g/mol. The minimum Gasteiger partial charge on any atom is -0.378 e. The Labute approximate surface area is 97.9 Å². The van der Waals surface area contributed by atoms with Crippen molar-refractivity contribution in [3.05, 3.63) is 0 Å². The lowest BCUT2D eigenvalue weighted by molar-refractivity contribution is -0.128. The Balaban J connectivity index is 2.48. The Kier molecular flexibility index (Phi) is 5.22. The third-order valence-electron chi connectivity index (χ3n) is 3.51. The fraction of sp³-hybridized carbons (Fsp3) is 0.917. The molecule has 0 saturated heterocycles. The summed E-state index contributed by atoms with van der Waals surface area (Å²) < 4.78 is 5.78. The molecule has 2 unspecified atom stereocenters. The normalized spacial score (nSPS) is 30.2. The van der Waals surface area contributed by atoms with Crippen LogP contribution in [0.25, 0.3) is 0 Å². The number of rotatable bonds is 6. The molecule has 0 aliphatic heterocycles. The predicted octanol–water partition coefficient (Wildman–Crippen LogP) is 1.19. The summed E-state index contributed by atoms with van der Waals surface area (Å²) in [6, 6.07) is 0. The first-order chi connectivity index (χ1) is 7.64. The summed E-state index contributed by atoms with van der Waals surface area (Å²) in [7, 11) is 1.80. The highest BCUT2D eigenvalue weighted by Crippen LogP contribution is 2.29. The first-order valence-electron chi connectivity index (χ1n) is 6.25. The van der Waals surface area contributed by atoms with Crippen LogP contribution in [0.3, 0.4) is 0 Å². The molecule has 0 spiro atoms. The topological polar surface area (TPSA) is 64.3 Å². The molecule has 0 heterocycles. The van der Waals surface area contributed by atoms with Crippen LogP contribution in [0.4, 0.5) is 0 Å². The number of nitrogens with two attached hydrogens (primary N) is 1. The highest BCUT2D eigenvalue weighted by molar-refractivity contribution is 5.84. The highest BCUT2D eigenvalue weighted by Gasteiger charge is 2.40. The number of hydrogen-bond donors (Lipinski definition) is 2. The zero-order chi connectivity index (χ0) is 12.0. The largest absolute Gasteiger partial charge is 0.378 e. The number of hydrogen-bond acceptors (Lipinski definition) is 3. The number of carbonyl (C=O) groups is 1. The van der Waals surface area contributed by atoms with Crippen molar-refractivity contribution >= 4 is 5.91 Å². The first-order valence-corrected chi connectivity index (χ1v) is 6.25. The van der Waals surface area contributed by atoms with Gasteiger partial charge in [0.2, 0.25) is 5.91 Å². The van der Waals surface area contributed by atoms with Gasteiger partial charge >= 0.3 is 0 Å². The predicted molar refractivity (Wildman–Crippen MR) is 64.1 cm³/mol. The van der Waals surface area contributed by atoms with Crippen LogP contribution in [0, 0.1) is 0 Å². The van der Waals surface area contributed by atoms with Gasteiger partial charge in [0, 0.05) is 13.0 Å². The zero-order valence-corrected chi connectivity index (χ0v) is 10.4. The average molecular weight is 228 g/mol. The van der Waals surface area contributed by atoms with Crippen molar-refractivity contribution in [1.82, 2.24) is 5.32 Å². The van der Waals surface area contributed by atoms with Gasteiger partial charge in [-0.15, -0.1) is 0 Å². The Bertz CT molecular complexity index is 233. The van der Waals surface area contributed by atoms with Crippen LogP contribution in [-0.4, -0.2) is 31.2 Å². The summed E-state index contributed by atoms with van der Waals surface area (Å²) in [4.78, 5) is 11.5. The SMILES string of the molecule is CCCCOC1CCCC(NC)(C(N)=O)C1. The summed E-state index contributed by atoms with van der Waals surface area (Å²) in [5.74, 6) is -0.251. The average Bonchev–Trinajstić information content (AvgIpc) is 2.29. The second-order valence-corrected chi connectivity index (χ2v) is 4.64. The van der Waals surface area contributed by atoms with Crippen LogP contribution in [0.15, 0.2) is 0 Å². The summed E-state index contributed by atoms with van der Waals surface area (Å²) in [5.41, 5.74) is 4.93. The molecule has 94 valence electrons. The van der Waals surface area contributed by atoms with E-state index < -0.39 is 5.54 Å². The van der Waals surface area contributed by atoms with E-state index in [1.807, 2.05) is 0 Å². The molecule has 0 radical (unpaired) electrons. The van der Waals surface area contributed by atoms with Gasteiger partial charge in [0.25, 0.3) is 0 Å². The smallest absolute Gasteiger partial charge is 0.237 e. The maximum Gasteiger partial charge on any atom is 0.237 e.